The third-order valence-electron chi connectivity index (χ3n) is 3.59. The molecule has 1 aliphatic carbocycles. The zero-order valence-electron chi connectivity index (χ0n) is 12.2. The van der Waals surface area contributed by atoms with Crippen LogP contribution >= 0.6 is 23.1 Å². The summed E-state index contributed by atoms with van der Waals surface area (Å²) in [4.78, 5) is 1.33. The van der Waals surface area contributed by atoms with Gasteiger partial charge in [-0.25, -0.2) is 0 Å². The Hall–Kier alpha value is -1.60. The Balaban J connectivity index is 1.53. The van der Waals surface area contributed by atoms with Gasteiger partial charge in [-0.15, -0.1) is 21.5 Å². The molecule has 5 nitrogen and oxygen atoms in total. The van der Waals surface area contributed by atoms with Gasteiger partial charge in [0.15, 0.2) is 5.16 Å². The molecule has 114 valence electrons. The van der Waals surface area contributed by atoms with Gasteiger partial charge in [-0.2, -0.15) is 0 Å². The van der Waals surface area contributed by atoms with Gasteiger partial charge in [0.1, 0.15) is 11.6 Å². The van der Waals surface area contributed by atoms with Crippen molar-refractivity contribution in [2.75, 3.05) is 0 Å². The third kappa shape index (κ3) is 2.96. The quantitative estimate of drug-likeness (QED) is 0.642. The monoisotopic (exact) mass is 332 g/mol. The standard InChI is InChI=1S/C15H16N4OS2/c1-10-7-11(18-20-10)9-22-15-17-16-14(19(15)12-4-5-12)8-13-3-2-6-21-13/h2-3,6-7,12H,4-5,8-9H2,1H3. The molecule has 0 N–H and O–H groups in total. The van der Waals surface area contributed by atoms with E-state index in [2.05, 4.69) is 37.4 Å². The van der Waals surface area contributed by atoms with Crippen molar-refractivity contribution < 1.29 is 4.52 Å². The maximum atomic E-state index is 5.11. The minimum absolute atomic E-state index is 0.575. The first-order valence-electron chi connectivity index (χ1n) is 7.31. The molecule has 0 unspecified atom stereocenters. The lowest BCUT2D eigenvalue weighted by Crippen LogP contribution is -2.03. The summed E-state index contributed by atoms with van der Waals surface area (Å²) < 4.78 is 7.43. The molecule has 1 aliphatic rings. The normalized spacial score (nSPS) is 14.6. The van der Waals surface area contributed by atoms with Gasteiger partial charge in [-0.1, -0.05) is 23.0 Å². The Bertz CT molecular complexity index is 758. The second-order valence-electron chi connectivity index (χ2n) is 5.47. The first kappa shape index (κ1) is 14.0. The highest BCUT2D eigenvalue weighted by molar-refractivity contribution is 7.98. The average Bonchev–Trinajstić information content (AvgIpc) is 2.90. The molecule has 0 saturated heterocycles. The van der Waals surface area contributed by atoms with Crippen LogP contribution in [0.5, 0.6) is 0 Å². The van der Waals surface area contributed by atoms with E-state index in [-0.39, 0.29) is 0 Å². The highest BCUT2D eigenvalue weighted by Gasteiger charge is 2.29. The fraction of sp³-hybridized carbons (Fsp3) is 0.400. The summed E-state index contributed by atoms with van der Waals surface area (Å²) in [5, 5.41) is 16.0. The van der Waals surface area contributed by atoms with Crippen molar-refractivity contribution in [3.8, 4) is 0 Å². The van der Waals surface area contributed by atoms with E-state index >= 15 is 0 Å². The summed E-state index contributed by atoms with van der Waals surface area (Å²) in [6, 6.07) is 6.78. The summed E-state index contributed by atoms with van der Waals surface area (Å²) in [6.07, 6.45) is 3.32. The van der Waals surface area contributed by atoms with E-state index in [9.17, 15) is 0 Å². The molecular formula is C15H16N4OS2. The van der Waals surface area contributed by atoms with Gasteiger partial charge >= 0.3 is 0 Å². The van der Waals surface area contributed by atoms with Crippen molar-refractivity contribution in [1.29, 1.82) is 0 Å². The van der Waals surface area contributed by atoms with Crippen molar-refractivity contribution in [3.05, 3.63) is 45.7 Å². The van der Waals surface area contributed by atoms with Crippen LogP contribution in [0.25, 0.3) is 0 Å². The summed E-state index contributed by atoms with van der Waals surface area (Å²) in [7, 11) is 0. The number of rotatable bonds is 6. The molecule has 3 aromatic heterocycles. The lowest BCUT2D eigenvalue weighted by molar-refractivity contribution is 0.393. The molecule has 1 saturated carbocycles. The van der Waals surface area contributed by atoms with Crippen LogP contribution in [0.4, 0.5) is 0 Å². The Morgan fingerprint density at radius 3 is 3.00 bits per heavy atom. The molecule has 0 atom stereocenters. The van der Waals surface area contributed by atoms with Gasteiger partial charge < -0.3 is 9.09 Å². The van der Waals surface area contributed by atoms with Gasteiger partial charge in [-0.3, -0.25) is 0 Å². The van der Waals surface area contributed by atoms with Crippen LogP contribution in [0, 0.1) is 6.92 Å². The van der Waals surface area contributed by atoms with Gasteiger partial charge in [0.05, 0.1) is 5.69 Å². The molecule has 3 heterocycles. The SMILES string of the molecule is Cc1cc(CSc2nnc(Cc3cccs3)n2C2CC2)no1. The maximum absolute atomic E-state index is 5.11. The predicted octanol–water partition coefficient (Wildman–Crippen LogP) is 3.85. The number of hydrogen-bond donors (Lipinski definition) is 0. The zero-order chi connectivity index (χ0) is 14.9. The first-order chi connectivity index (χ1) is 10.8. The predicted molar refractivity (Wildman–Crippen MR) is 86.2 cm³/mol. The molecule has 0 spiro atoms. The largest absolute Gasteiger partial charge is 0.361 e. The molecular weight excluding hydrogens is 316 g/mol. The number of nitrogens with zero attached hydrogens (tertiary/aromatic N) is 4. The van der Waals surface area contributed by atoms with Crippen LogP contribution in [0.2, 0.25) is 0 Å². The number of aromatic nitrogens is 4. The highest BCUT2D eigenvalue weighted by Crippen LogP contribution is 2.39. The Labute approximate surface area is 136 Å². The molecule has 22 heavy (non-hydrogen) atoms. The third-order valence-corrected chi connectivity index (χ3v) is 5.44. The molecule has 1 fully saturated rings. The van der Waals surface area contributed by atoms with E-state index in [1.165, 1.54) is 17.7 Å². The molecule has 7 heteroatoms. The van der Waals surface area contributed by atoms with E-state index in [4.69, 9.17) is 4.52 Å². The molecule has 4 rings (SSSR count). The number of aryl methyl sites for hydroxylation is 1. The van der Waals surface area contributed by atoms with Crippen LogP contribution in [-0.4, -0.2) is 19.9 Å². The lowest BCUT2D eigenvalue weighted by Gasteiger charge is -2.07. The van der Waals surface area contributed by atoms with Crippen molar-refractivity contribution in [3.63, 3.8) is 0 Å². The van der Waals surface area contributed by atoms with E-state index in [0.717, 1.165) is 34.6 Å². The molecule has 0 aliphatic heterocycles. The van der Waals surface area contributed by atoms with Crippen LogP contribution in [0.1, 0.15) is 41.0 Å². The van der Waals surface area contributed by atoms with E-state index in [1.54, 1.807) is 23.1 Å². The summed E-state index contributed by atoms with van der Waals surface area (Å²) in [5.41, 5.74) is 0.952. The van der Waals surface area contributed by atoms with E-state index in [0.29, 0.717) is 6.04 Å². The van der Waals surface area contributed by atoms with E-state index < -0.39 is 0 Å². The van der Waals surface area contributed by atoms with Crippen molar-refractivity contribution in [2.24, 2.45) is 0 Å². The topological polar surface area (TPSA) is 56.7 Å². The van der Waals surface area contributed by atoms with Crippen molar-refractivity contribution in [1.82, 2.24) is 19.9 Å². The molecule has 0 radical (unpaired) electrons. The lowest BCUT2D eigenvalue weighted by atomic mass is 10.3. The van der Waals surface area contributed by atoms with Gasteiger partial charge in [0, 0.05) is 29.2 Å². The Kier molecular flexibility index (Phi) is 3.75. The van der Waals surface area contributed by atoms with Crippen molar-refractivity contribution >= 4 is 23.1 Å². The minimum Gasteiger partial charge on any atom is -0.361 e. The maximum Gasteiger partial charge on any atom is 0.191 e. The van der Waals surface area contributed by atoms with Crippen LogP contribution in [-0.2, 0) is 12.2 Å². The average molecular weight is 332 g/mol. The summed E-state index contributed by atoms with van der Waals surface area (Å²) in [6.45, 7) is 1.91. The van der Waals surface area contributed by atoms with E-state index in [1.807, 2.05) is 13.0 Å². The number of thiophene rings is 1. The minimum atomic E-state index is 0.575. The van der Waals surface area contributed by atoms with Crippen LogP contribution in [0.3, 0.4) is 0 Å². The smallest absolute Gasteiger partial charge is 0.191 e. The Morgan fingerprint density at radius 1 is 1.41 bits per heavy atom. The highest BCUT2D eigenvalue weighted by atomic mass is 32.2. The van der Waals surface area contributed by atoms with Gasteiger partial charge in [0.2, 0.25) is 0 Å². The zero-order valence-corrected chi connectivity index (χ0v) is 13.9. The number of thioether (sulfide) groups is 1. The second kappa shape index (κ2) is 5.89. The van der Waals surface area contributed by atoms with Crippen molar-refractivity contribution in [2.45, 2.75) is 43.1 Å². The molecule has 0 aromatic carbocycles. The summed E-state index contributed by atoms with van der Waals surface area (Å²) in [5.74, 6) is 2.68. The molecule has 3 aromatic rings. The Morgan fingerprint density at radius 2 is 2.32 bits per heavy atom. The number of hydrogen-bond acceptors (Lipinski definition) is 6. The fourth-order valence-electron chi connectivity index (χ4n) is 2.42. The summed E-state index contributed by atoms with van der Waals surface area (Å²) >= 11 is 3.46. The molecule has 0 bridgehead atoms. The fourth-order valence-corrected chi connectivity index (χ4v) is 4.03. The van der Waals surface area contributed by atoms with Crippen LogP contribution < -0.4 is 0 Å². The molecule has 0 amide bonds. The van der Waals surface area contributed by atoms with Gasteiger partial charge in [0.25, 0.3) is 0 Å². The van der Waals surface area contributed by atoms with Gasteiger partial charge in [-0.05, 0) is 31.2 Å². The second-order valence-corrected chi connectivity index (χ2v) is 7.45. The first-order valence-corrected chi connectivity index (χ1v) is 9.17. The van der Waals surface area contributed by atoms with Crippen LogP contribution in [0.15, 0.2) is 33.3 Å².